The molecule has 0 saturated carbocycles. The van der Waals surface area contributed by atoms with E-state index in [0.717, 1.165) is 31.9 Å². The molecule has 0 fully saturated rings. The van der Waals surface area contributed by atoms with E-state index in [2.05, 4.69) is 90.6 Å². The van der Waals surface area contributed by atoms with Gasteiger partial charge in [0.15, 0.2) is 0 Å². The maximum atomic E-state index is 4.90. The molecular weight excluding hydrogens is 320 g/mol. The molecule has 3 aromatic rings. The predicted octanol–water partition coefficient (Wildman–Crippen LogP) is 3.56. The van der Waals surface area contributed by atoms with Crippen LogP contribution in [0.3, 0.4) is 0 Å². The van der Waals surface area contributed by atoms with Crippen molar-refractivity contribution in [1.29, 1.82) is 0 Å². The van der Waals surface area contributed by atoms with E-state index < -0.39 is 0 Å². The predicted molar refractivity (Wildman–Crippen MR) is 108 cm³/mol. The molecule has 0 aliphatic carbocycles. The zero-order valence-electron chi connectivity index (χ0n) is 15.9. The fourth-order valence-electron chi connectivity index (χ4n) is 3.00. The number of benzene rings is 2. The molecule has 0 unspecified atom stereocenters. The van der Waals surface area contributed by atoms with Gasteiger partial charge in [0.05, 0.1) is 12.2 Å². The highest BCUT2D eigenvalue weighted by molar-refractivity contribution is 5.63. The van der Waals surface area contributed by atoms with E-state index >= 15 is 0 Å². The van der Waals surface area contributed by atoms with Crippen molar-refractivity contribution in [2.75, 3.05) is 27.2 Å². The second kappa shape index (κ2) is 8.79. The molecule has 2 aromatic carbocycles. The number of nitrogens with zero attached hydrogens (tertiary/aromatic N) is 3. The fourth-order valence-corrected chi connectivity index (χ4v) is 3.00. The van der Waals surface area contributed by atoms with Gasteiger partial charge in [-0.3, -0.25) is 4.68 Å². The first-order valence-electron chi connectivity index (χ1n) is 9.14. The normalized spacial score (nSPS) is 11.2. The molecule has 26 heavy (non-hydrogen) atoms. The number of hydrogen-bond donors (Lipinski definition) is 1. The van der Waals surface area contributed by atoms with E-state index in [1.54, 1.807) is 0 Å². The molecule has 4 heteroatoms. The molecule has 1 N–H and O–H groups in total. The van der Waals surface area contributed by atoms with Crippen molar-refractivity contribution in [3.63, 3.8) is 0 Å². The minimum atomic E-state index is 0.789. The van der Waals surface area contributed by atoms with Gasteiger partial charge in [-0.2, -0.15) is 5.10 Å². The minimum Gasteiger partial charge on any atom is -0.311 e. The third-order valence-electron chi connectivity index (χ3n) is 4.37. The smallest absolute Gasteiger partial charge is 0.0968 e. The molecule has 0 amide bonds. The average Bonchev–Trinajstić information content (AvgIpc) is 3.02. The van der Waals surface area contributed by atoms with Gasteiger partial charge >= 0.3 is 0 Å². The van der Waals surface area contributed by atoms with Gasteiger partial charge in [-0.05, 0) is 32.6 Å². The van der Waals surface area contributed by atoms with E-state index in [1.165, 1.54) is 22.3 Å². The van der Waals surface area contributed by atoms with E-state index in [0.29, 0.717) is 0 Å². The summed E-state index contributed by atoms with van der Waals surface area (Å²) in [4.78, 5) is 2.19. The second-order valence-electron chi connectivity index (χ2n) is 7.04. The molecular formula is C22H28N4. The molecule has 0 bridgehead atoms. The summed E-state index contributed by atoms with van der Waals surface area (Å²) in [6.45, 7) is 5.73. The summed E-state index contributed by atoms with van der Waals surface area (Å²) in [6.07, 6.45) is 2.17. The van der Waals surface area contributed by atoms with Gasteiger partial charge in [-0.15, -0.1) is 0 Å². The van der Waals surface area contributed by atoms with Crippen molar-refractivity contribution in [2.45, 2.75) is 20.0 Å². The summed E-state index contributed by atoms with van der Waals surface area (Å²) >= 11 is 0. The lowest BCUT2D eigenvalue weighted by Crippen LogP contribution is -2.26. The van der Waals surface area contributed by atoms with E-state index in [4.69, 9.17) is 5.10 Å². The molecule has 3 rings (SSSR count). The maximum Gasteiger partial charge on any atom is 0.0968 e. The van der Waals surface area contributed by atoms with Crippen LogP contribution in [0.5, 0.6) is 0 Å². The van der Waals surface area contributed by atoms with Crippen LogP contribution >= 0.6 is 0 Å². The zero-order valence-corrected chi connectivity index (χ0v) is 15.9. The quantitative estimate of drug-likeness (QED) is 0.632. The summed E-state index contributed by atoms with van der Waals surface area (Å²) in [5, 5.41) is 8.44. The van der Waals surface area contributed by atoms with Crippen molar-refractivity contribution in [1.82, 2.24) is 20.0 Å². The average molecular weight is 348 g/mol. The summed E-state index contributed by atoms with van der Waals surface area (Å²) in [7, 11) is 4.19. The van der Waals surface area contributed by atoms with Gasteiger partial charge in [0.25, 0.3) is 0 Å². The number of aromatic nitrogens is 2. The summed E-state index contributed by atoms with van der Waals surface area (Å²) in [6, 6.07) is 19.1. The molecule has 0 atom stereocenters. The Morgan fingerprint density at radius 1 is 1.04 bits per heavy atom. The number of aryl methyl sites for hydroxylation is 1. The number of nitrogens with one attached hydrogen (secondary N) is 1. The van der Waals surface area contributed by atoms with E-state index in [9.17, 15) is 0 Å². The van der Waals surface area contributed by atoms with Crippen molar-refractivity contribution in [3.05, 3.63) is 77.5 Å². The highest BCUT2D eigenvalue weighted by Gasteiger charge is 2.11. The summed E-state index contributed by atoms with van der Waals surface area (Å²) in [5.41, 5.74) is 6.01. The minimum absolute atomic E-state index is 0.789. The molecule has 1 aromatic heterocycles. The fraction of sp³-hybridized carbons (Fsp3) is 0.318. The lowest BCUT2D eigenvalue weighted by Gasteiger charge is -2.10. The Hall–Kier alpha value is -2.43. The third-order valence-corrected chi connectivity index (χ3v) is 4.37. The Kier molecular flexibility index (Phi) is 6.21. The van der Waals surface area contributed by atoms with Crippen molar-refractivity contribution in [3.8, 4) is 11.3 Å². The van der Waals surface area contributed by atoms with Crippen LogP contribution in [0.1, 0.15) is 16.7 Å². The van der Waals surface area contributed by atoms with Crippen molar-refractivity contribution in [2.24, 2.45) is 0 Å². The first-order valence-corrected chi connectivity index (χ1v) is 9.14. The van der Waals surface area contributed by atoms with Gasteiger partial charge in [0, 0.05) is 37.0 Å². The first kappa shape index (κ1) is 18.4. The lowest BCUT2D eigenvalue weighted by atomic mass is 10.1. The van der Waals surface area contributed by atoms with Crippen LogP contribution in [0, 0.1) is 6.92 Å². The van der Waals surface area contributed by atoms with Crippen LogP contribution in [0.2, 0.25) is 0 Å². The van der Waals surface area contributed by atoms with Crippen LogP contribution in [-0.4, -0.2) is 41.9 Å². The third kappa shape index (κ3) is 5.04. The molecule has 4 nitrogen and oxygen atoms in total. The number of rotatable bonds is 8. The van der Waals surface area contributed by atoms with Crippen LogP contribution in [0.15, 0.2) is 60.8 Å². The van der Waals surface area contributed by atoms with Gasteiger partial charge in [0.2, 0.25) is 0 Å². The summed E-state index contributed by atoms with van der Waals surface area (Å²) < 4.78 is 2.05. The first-order chi connectivity index (χ1) is 12.6. The SMILES string of the molecule is Cc1cccc(-c2nn(Cc3ccccc3)cc2CNCCN(C)C)c1. The molecule has 0 saturated heterocycles. The van der Waals surface area contributed by atoms with Crippen LogP contribution in [-0.2, 0) is 13.1 Å². The molecule has 0 spiro atoms. The van der Waals surface area contributed by atoms with E-state index in [-0.39, 0.29) is 0 Å². The molecule has 136 valence electrons. The molecule has 0 radical (unpaired) electrons. The van der Waals surface area contributed by atoms with Gasteiger partial charge < -0.3 is 10.2 Å². The number of likely N-dealkylation sites (N-methyl/N-ethyl adjacent to an activating group) is 1. The largest absolute Gasteiger partial charge is 0.311 e. The van der Waals surface area contributed by atoms with Crippen molar-refractivity contribution >= 4 is 0 Å². The highest BCUT2D eigenvalue weighted by atomic mass is 15.3. The van der Waals surface area contributed by atoms with Gasteiger partial charge in [-0.25, -0.2) is 0 Å². The standard InChI is InChI=1S/C22H28N4/c1-18-8-7-11-20(14-18)22-21(15-23-12-13-25(2)3)17-26(24-22)16-19-9-5-4-6-10-19/h4-11,14,17,23H,12-13,15-16H2,1-3H3. The lowest BCUT2D eigenvalue weighted by molar-refractivity contribution is 0.400. The highest BCUT2D eigenvalue weighted by Crippen LogP contribution is 2.23. The molecule has 1 heterocycles. The summed E-state index contributed by atoms with van der Waals surface area (Å²) in [5.74, 6) is 0. The zero-order chi connectivity index (χ0) is 18.4. The van der Waals surface area contributed by atoms with Crippen LogP contribution < -0.4 is 5.32 Å². The topological polar surface area (TPSA) is 33.1 Å². The number of hydrogen-bond acceptors (Lipinski definition) is 3. The Balaban J connectivity index is 1.82. The van der Waals surface area contributed by atoms with Crippen LogP contribution in [0.25, 0.3) is 11.3 Å². The Bertz CT molecular complexity index is 821. The molecule has 0 aliphatic heterocycles. The van der Waals surface area contributed by atoms with Crippen molar-refractivity contribution < 1.29 is 0 Å². The Morgan fingerprint density at radius 2 is 1.85 bits per heavy atom. The Morgan fingerprint density at radius 3 is 2.58 bits per heavy atom. The molecule has 0 aliphatic rings. The monoisotopic (exact) mass is 348 g/mol. The van der Waals surface area contributed by atoms with Gasteiger partial charge in [0.1, 0.15) is 0 Å². The van der Waals surface area contributed by atoms with Crippen LogP contribution in [0.4, 0.5) is 0 Å². The van der Waals surface area contributed by atoms with Gasteiger partial charge in [-0.1, -0.05) is 54.1 Å². The Labute approximate surface area is 156 Å². The maximum absolute atomic E-state index is 4.90. The van der Waals surface area contributed by atoms with E-state index in [1.807, 2.05) is 6.07 Å². The second-order valence-corrected chi connectivity index (χ2v) is 7.04.